The molecule has 0 N–H and O–H groups in total. The smallest absolute Gasteiger partial charge is 0.185 e. The van der Waals surface area contributed by atoms with Crippen LogP contribution in [0.2, 0.25) is 0 Å². The second kappa shape index (κ2) is 5.51. The predicted octanol–water partition coefficient (Wildman–Crippen LogP) is 1.62. The number of nitrogens with zero attached hydrogens (tertiary/aromatic N) is 4. The van der Waals surface area contributed by atoms with Crippen LogP contribution < -0.4 is 5.43 Å². The van der Waals surface area contributed by atoms with Gasteiger partial charge in [0.2, 0.25) is 0 Å². The van der Waals surface area contributed by atoms with Crippen LogP contribution in [0, 0.1) is 6.92 Å². The normalized spacial score (nSPS) is 32.9. The maximum absolute atomic E-state index is 11.7. The van der Waals surface area contributed by atoms with Crippen LogP contribution in [0.25, 0.3) is 11.3 Å². The highest BCUT2D eigenvalue weighted by molar-refractivity contribution is 5.57. The van der Waals surface area contributed by atoms with Crippen LogP contribution >= 0.6 is 0 Å². The lowest BCUT2D eigenvalue weighted by Gasteiger charge is -2.60. The van der Waals surface area contributed by atoms with Crippen molar-refractivity contribution in [3.8, 4) is 11.3 Å². The van der Waals surface area contributed by atoms with Gasteiger partial charge < -0.3 is 4.42 Å². The van der Waals surface area contributed by atoms with E-state index in [9.17, 15) is 4.79 Å². The van der Waals surface area contributed by atoms with E-state index in [2.05, 4.69) is 39.0 Å². The fourth-order valence-electron chi connectivity index (χ4n) is 4.72. The first kappa shape index (κ1) is 15.3. The molecule has 4 aliphatic rings. The van der Waals surface area contributed by atoms with Crippen molar-refractivity contribution in [3.63, 3.8) is 0 Å². The molecule has 6 heteroatoms. The average molecular weight is 339 g/mol. The Balaban J connectivity index is 1.38. The minimum Gasteiger partial charge on any atom is -0.461 e. The maximum Gasteiger partial charge on any atom is 0.185 e. The highest BCUT2D eigenvalue weighted by atomic mass is 16.3. The third-order valence-corrected chi connectivity index (χ3v) is 5.35. The molecule has 0 radical (unpaired) electrons. The second-order valence-electron chi connectivity index (χ2n) is 7.83. The molecule has 0 aliphatic carbocycles. The molecule has 5 heterocycles. The lowest BCUT2D eigenvalue weighted by Crippen LogP contribution is -2.78. The van der Waals surface area contributed by atoms with Gasteiger partial charge in [-0.2, -0.15) is 0 Å². The molecule has 130 valence electrons. The van der Waals surface area contributed by atoms with Crippen LogP contribution in [0.1, 0.15) is 11.3 Å². The van der Waals surface area contributed by atoms with Gasteiger partial charge >= 0.3 is 0 Å². The van der Waals surface area contributed by atoms with Gasteiger partial charge in [-0.15, -0.1) is 0 Å². The van der Waals surface area contributed by atoms with E-state index < -0.39 is 0 Å². The molecule has 25 heavy (non-hydrogen) atoms. The lowest BCUT2D eigenvalue weighted by molar-refractivity contribution is -0.991. The minimum absolute atomic E-state index is 0.00907. The summed E-state index contributed by atoms with van der Waals surface area (Å²) in [6, 6.07) is 11.6. The Morgan fingerprint density at radius 3 is 2.12 bits per heavy atom. The first-order valence-corrected chi connectivity index (χ1v) is 8.80. The summed E-state index contributed by atoms with van der Waals surface area (Å²) in [6.07, 6.45) is 0. The van der Waals surface area contributed by atoms with Gasteiger partial charge in [-0.25, -0.2) is 14.7 Å². The summed E-state index contributed by atoms with van der Waals surface area (Å²) in [7, 11) is 0. The quantitative estimate of drug-likeness (QED) is 0.795. The number of rotatable bonds is 3. The molecule has 1 aromatic carbocycles. The molecule has 6 nitrogen and oxygen atoms in total. The van der Waals surface area contributed by atoms with Crippen molar-refractivity contribution in [2.45, 2.75) is 13.5 Å². The van der Waals surface area contributed by atoms with Gasteiger partial charge in [0.1, 0.15) is 38.1 Å². The van der Waals surface area contributed by atoms with Crippen LogP contribution in [-0.2, 0) is 6.54 Å². The summed E-state index contributed by atoms with van der Waals surface area (Å²) < 4.78 is 6.79. The third-order valence-electron chi connectivity index (χ3n) is 5.35. The molecule has 0 atom stereocenters. The van der Waals surface area contributed by atoms with E-state index in [1.807, 2.05) is 6.92 Å². The van der Waals surface area contributed by atoms with Gasteiger partial charge in [0.25, 0.3) is 0 Å². The molecule has 4 saturated heterocycles. The predicted molar refractivity (Wildman–Crippen MR) is 93.8 cm³/mol. The minimum atomic E-state index is -0.00907. The second-order valence-corrected chi connectivity index (χ2v) is 7.83. The molecule has 4 fully saturated rings. The van der Waals surface area contributed by atoms with Crippen molar-refractivity contribution in [1.29, 1.82) is 0 Å². The Morgan fingerprint density at radius 2 is 1.56 bits per heavy atom. The molecule has 1 aromatic heterocycles. The van der Waals surface area contributed by atoms with Gasteiger partial charge in [-0.05, 0) is 6.92 Å². The van der Waals surface area contributed by atoms with E-state index in [4.69, 9.17) is 4.42 Å². The monoisotopic (exact) mass is 339 g/mol. The summed E-state index contributed by atoms with van der Waals surface area (Å²) in [5.74, 6) is 1.29. The highest BCUT2D eigenvalue weighted by Gasteiger charge is 2.48. The fraction of sp³-hybridized carbons (Fsp3) is 0.421. The topological polar surface area (TPSA) is 39.9 Å². The molecule has 0 spiro atoms. The van der Waals surface area contributed by atoms with Gasteiger partial charge in [0.05, 0.1) is 20.0 Å². The summed E-state index contributed by atoms with van der Waals surface area (Å²) in [4.78, 5) is 19.3. The Bertz CT molecular complexity index is 823. The maximum atomic E-state index is 11.7. The van der Waals surface area contributed by atoms with Gasteiger partial charge in [-0.3, -0.25) is 9.28 Å². The van der Waals surface area contributed by atoms with Crippen LogP contribution in [0.3, 0.4) is 0 Å². The molecular formula is C19H23N4O2+. The Kier molecular flexibility index (Phi) is 3.36. The molecule has 4 aliphatic heterocycles. The summed E-state index contributed by atoms with van der Waals surface area (Å²) in [5.41, 5.74) is 2.29. The van der Waals surface area contributed by atoms with Gasteiger partial charge in [0.15, 0.2) is 5.43 Å². The SMILES string of the molecule is Cc1cc(=O)cc(-c2ccc(C[N+]34CN5CN(CN(C5)C3)C4)cc2)o1. The van der Waals surface area contributed by atoms with Crippen molar-refractivity contribution in [2.24, 2.45) is 0 Å². The highest BCUT2D eigenvalue weighted by Crippen LogP contribution is 2.31. The summed E-state index contributed by atoms with van der Waals surface area (Å²) >= 11 is 0. The third kappa shape index (κ3) is 2.81. The van der Waals surface area contributed by atoms with Crippen LogP contribution in [0.5, 0.6) is 0 Å². The molecule has 0 saturated carbocycles. The first-order chi connectivity index (χ1) is 12.1. The molecule has 4 bridgehead atoms. The number of quaternary nitrogens is 1. The number of hydrogen-bond donors (Lipinski definition) is 0. The lowest BCUT2D eigenvalue weighted by atomic mass is 10.1. The molecule has 0 amide bonds. The van der Waals surface area contributed by atoms with E-state index in [1.54, 1.807) is 6.07 Å². The molecule has 6 rings (SSSR count). The van der Waals surface area contributed by atoms with E-state index in [1.165, 1.54) is 11.6 Å². The van der Waals surface area contributed by atoms with Crippen LogP contribution in [0.4, 0.5) is 0 Å². The largest absolute Gasteiger partial charge is 0.461 e. The van der Waals surface area contributed by atoms with Crippen molar-refractivity contribution in [3.05, 3.63) is 57.9 Å². The Morgan fingerprint density at radius 1 is 0.960 bits per heavy atom. The zero-order chi connectivity index (χ0) is 17.0. The molecule has 0 unspecified atom stereocenters. The summed E-state index contributed by atoms with van der Waals surface area (Å²) in [6.45, 7) is 9.61. The van der Waals surface area contributed by atoms with E-state index >= 15 is 0 Å². The van der Waals surface area contributed by atoms with Crippen molar-refractivity contribution in [2.75, 3.05) is 40.0 Å². The molecule has 2 aromatic rings. The number of hydrogen-bond acceptors (Lipinski definition) is 5. The van der Waals surface area contributed by atoms with Crippen molar-refractivity contribution < 1.29 is 8.90 Å². The Hall–Kier alpha value is -1.99. The van der Waals surface area contributed by atoms with Crippen LogP contribution in [-0.4, -0.2) is 59.2 Å². The zero-order valence-corrected chi connectivity index (χ0v) is 14.5. The van der Waals surface area contributed by atoms with E-state index in [-0.39, 0.29) is 5.43 Å². The van der Waals surface area contributed by atoms with Crippen LogP contribution in [0.15, 0.2) is 45.6 Å². The standard InChI is InChI=1S/C19H23N4O2/c1-15-6-18(24)7-19(25-15)17-4-2-16(3-5-17)8-23-12-20-9-21(13-23)11-22(10-20)14-23/h2-7H,8-14H2,1H3/q+1. The van der Waals surface area contributed by atoms with Crippen molar-refractivity contribution >= 4 is 0 Å². The van der Waals surface area contributed by atoms with Gasteiger partial charge in [0, 0.05) is 23.3 Å². The zero-order valence-electron chi connectivity index (χ0n) is 14.5. The average Bonchev–Trinajstić information content (AvgIpc) is 2.53. The van der Waals surface area contributed by atoms with Gasteiger partial charge in [-0.1, -0.05) is 24.3 Å². The van der Waals surface area contributed by atoms with E-state index in [0.717, 1.165) is 56.6 Å². The number of benzene rings is 1. The van der Waals surface area contributed by atoms with E-state index in [0.29, 0.717) is 11.5 Å². The summed E-state index contributed by atoms with van der Waals surface area (Å²) in [5, 5.41) is 0. The fourth-order valence-corrected chi connectivity index (χ4v) is 4.72. The molecular weight excluding hydrogens is 316 g/mol. The first-order valence-electron chi connectivity index (χ1n) is 8.80. The van der Waals surface area contributed by atoms with Crippen molar-refractivity contribution in [1.82, 2.24) is 14.7 Å². The Labute approximate surface area is 147 Å². The number of aryl methyl sites for hydroxylation is 1.